The first-order chi connectivity index (χ1) is 9.56. The quantitative estimate of drug-likeness (QED) is 0.768. The van der Waals surface area contributed by atoms with Crippen molar-refractivity contribution >= 4 is 29.1 Å². The summed E-state index contributed by atoms with van der Waals surface area (Å²) >= 11 is 11.8. The lowest BCUT2D eigenvalue weighted by Gasteiger charge is -2.15. The van der Waals surface area contributed by atoms with Crippen LogP contribution in [0, 0.1) is 5.92 Å². The summed E-state index contributed by atoms with van der Waals surface area (Å²) in [6.45, 7) is 4.45. The Labute approximate surface area is 129 Å². The number of nitrogens with zero attached hydrogens (tertiary/aromatic N) is 1. The van der Waals surface area contributed by atoms with Gasteiger partial charge in [-0.15, -0.1) is 0 Å². The van der Waals surface area contributed by atoms with E-state index in [0.29, 0.717) is 41.2 Å². The first-order valence-electron chi connectivity index (χ1n) is 6.92. The van der Waals surface area contributed by atoms with Gasteiger partial charge in [0.2, 0.25) is 5.91 Å². The van der Waals surface area contributed by atoms with Crippen LogP contribution in [0.5, 0.6) is 5.75 Å². The van der Waals surface area contributed by atoms with Gasteiger partial charge in [-0.2, -0.15) is 0 Å². The second-order valence-electron chi connectivity index (χ2n) is 5.26. The molecular formula is C15H19Cl2NO2. The van der Waals surface area contributed by atoms with E-state index >= 15 is 0 Å². The van der Waals surface area contributed by atoms with Crippen LogP contribution in [-0.2, 0) is 4.79 Å². The zero-order valence-corrected chi connectivity index (χ0v) is 13.1. The van der Waals surface area contributed by atoms with Gasteiger partial charge < -0.3 is 9.64 Å². The lowest BCUT2D eigenvalue weighted by Crippen LogP contribution is -2.28. The highest BCUT2D eigenvalue weighted by molar-refractivity contribution is 6.35. The molecule has 1 atom stereocenters. The molecule has 1 saturated heterocycles. The summed E-state index contributed by atoms with van der Waals surface area (Å²) in [7, 11) is 0. The molecule has 1 aliphatic rings. The summed E-state index contributed by atoms with van der Waals surface area (Å²) in [5.41, 5.74) is 0. The summed E-state index contributed by atoms with van der Waals surface area (Å²) in [6, 6.07) is 5.13. The van der Waals surface area contributed by atoms with Gasteiger partial charge in [-0.25, -0.2) is 0 Å². The normalized spacial score (nSPS) is 18.4. The number of likely N-dealkylation sites (tertiary alicyclic amines) is 1. The molecular weight excluding hydrogens is 297 g/mol. The molecule has 1 aliphatic heterocycles. The van der Waals surface area contributed by atoms with Gasteiger partial charge in [-0.1, -0.05) is 30.1 Å². The topological polar surface area (TPSA) is 29.5 Å². The fraction of sp³-hybridized carbons (Fsp3) is 0.533. The van der Waals surface area contributed by atoms with E-state index < -0.39 is 0 Å². The maximum absolute atomic E-state index is 11.9. The Kier molecular flexibility index (Phi) is 5.55. The van der Waals surface area contributed by atoms with Gasteiger partial charge in [0.1, 0.15) is 5.75 Å². The minimum Gasteiger partial charge on any atom is -0.492 e. The molecule has 1 unspecified atom stereocenters. The second kappa shape index (κ2) is 7.19. The van der Waals surface area contributed by atoms with Crippen molar-refractivity contribution < 1.29 is 9.53 Å². The molecule has 20 heavy (non-hydrogen) atoms. The minimum atomic E-state index is 0.222. The molecule has 0 N–H and O–H groups in total. The summed E-state index contributed by atoms with van der Waals surface area (Å²) in [5.74, 6) is 1.46. The highest BCUT2D eigenvalue weighted by atomic mass is 35.5. The van der Waals surface area contributed by atoms with Gasteiger partial charge in [0.15, 0.2) is 0 Å². The Hall–Kier alpha value is -0.930. The van der Waals surface area contributed by atoms with Crippen LogP contribution >= 0.6 is 23.2 Å². The molecule has 1 amide bonds. The lowest BCUT2D eigenvalue weighted by atomic mass is 10.2. The van der Waals surface area contributed by atoms with Crippen LogP contribution in [-0.4, -0.2) is 30.5 Å². The van der Waals surface area contributed by atoms with Crippen molar-refractivity contribution in [3.63, 3.8) is 0 Å². The molecule has 5 heteroatoms. The zero-order chi connectivity index (χ0) is 14.5. The molecule has 0 spiro atoms. The third kappa shape index (κ3) is 4.29. The summed E-state index contributed by atoms with van der Waals surface area (Å²) in [5, 5.41) is 1.08. The van der Waals surface area contributed by atoms with Crippen LogP contribution in [0.1, 0.15) is 26.2 Å². The lowest BCUT2D eigenvalue weighted by molar-refractivity contribution is -0.130. The smallest absolute Gasteiger partial charge is 0.222 e. The number of carbonyl (C=O) groups excluding carboxylic acids is 1. The van der Waals surface area contributed by atoms with Crippen molar-refractivity contribution in [2.75, 3.05) is 19.7 Å². The number of ether oxygens (including phenoxy) is 1. The number of carbonyl (C=O) groups is 1. The summed E-state index contributed by atoms with van der Waals surface area (Å²) in [6.07, 6.45) is 2.34. The molecule has 0 radical (unpaired) electrons. The molecule has 0 aromatic heterocycles. The SMILES string of the molecule is CC1CCN(C(=O)CCCOc2ccc(Cl)cc2Cl)C1. The standard InChI is InChI=1S/C15H19Cl2NO2/c1-11-6-7-18(10-11)15(19)3-2-8-20-14-5-4-12(16)9-13(14)17/h4-5,9,11H,2-3,6-8,10H2,1H3. The average Bonchev–Trinajstić information content (AvgIpc) is 2.83. The number of hydrogen-bond donors (Lipinski definition) is 0. The van der Waals surface area contributed by atoms with Gasteiger partial charge in [0.05, 0.1) is 11.6 Å². The van der Waals surface area contributed by atoms with Gasteiger partial charge in [-0.3, -0.25) is 4.79 Å². The zero-order valence-electron chi connectivity index (χ0n) is 11.6. The summed E-state index contributed by atoms with van der Waals surface area (Å²) in [4.78, 5) is 13.9. The molecule has 1 heterocycles. The Bertz CT molecular complexity index is 479. The van der Waals surface area contributed by atoms with Crippen molar-refractivity contribution in [3.8, 4) is 5.75 Å². The van der Waals surface area contributed by atoms with E-state index in [4.69, 9.17) is 27.9 Å². The van der Waals surface area contributed by atoms with Crippen molar-refractivity contribution in [1.29, 1.82) is 0 Å². The Balaban J connectivity index is 1.70. The predicted octanol–water partition coefficient (Wildman–Crippen LogP) is 4.02. The molecule has 3 nitrogen and oxygen atoms in total. The predicted molar refractivity (Wildman–Crippen MR) is 81.6 cm³/mol. The fourth-order valence-electron chi connectivity index (χ4n) is 2.32. The van der Waals surface area contributed by atoms with Crippen molar-refractivity contribution in [2.45, 2.75) is 26.2 Å². The number of halogens is 2. The molecule has 0 aliphatic carbocycles. The third-order valence-electron chi connectivity index (χ3n) is 3.46. The van der Waals surface area contributed by atoms with E-state index in [-0.39, 0.29) is 5.91 Å². The molecule has 1 aromatic carbocycles. The molecule has 0 saturated carbocycles. The number of hydrogen-bond acceptors (Lipinski definition) is 2. The van der Waals surface area contributed by atoms with Crippen LogP contribution in [0.3, 0.4) is 0 Å². The number of benzene rings is 1. The van der Waals surface area contributed by atoms with Crippen LogP contribution < -0.4 is 4.74 Å². The van der Waals surface area contributed by atoms with E-state index in [2.05, 4.69) is 6.92 Å². The number of rotatable bonds is 5. The molecule has 2 rings (SSSR count). The minimum absolute atomic E-state index is 0.222. The Morgan fingerprint density at radius 3 is 2.90 bits per heavy atom. The maximum atomic E-state index is 11.9. The largest absolute Gasteiger partial charge is 0.492 e. The van der Waals surface area contributed by atoms with Crippen LogP contribution in [0.4, 0.5) is 0 Å². The van der Waals surface area contributed by atoms with E-state index in [1.165, 1.54) is 0 Å². The molecule has 0 bridgehead atoms. The Morgan fingerprint density at radius 1 is 1.45 bits per heavy atom. The van der Waals surface area contributed by atoms with E-state index in [0.717, 1.165) is 19.5 Å². The third-order valence-corrected chi connectivity index (χ3v) is 3.99. The number of amides is 1. The summed E-state index contributed by atoms with van der Waals surface area (Å²) < 4.78 is 5.56. The van der Waals surface area contributed by atoms with E-state index in [9.17, 15) is 4.79 Å². The molecule has 110 valence electrons. The first kappa shape index (κ1) is 15.5. The van der Waals surface area contributed by atoms with Gasteiger partial charge in [0.25, 0.3) is 0 Å². The highest BCUT2D eigenvalue weighted by Crippen LogP contribution is 2.27. The van der Waals surface area contributed by atoms with Crippen molar-refractivity contribution in [1.82, 2.24) is 4.90 Å². The average molecular weight is 316 g/mol. The maximum Gasteiger partial charge on any atom is 0.222 e. The first-order valence-corrected chi connectivity index (χ1v) is 7.67. The second-order valence-corrected chi connectivity index (χ2v) is 6.10. The fourth-order valence-corrected chi connectivity index (χ4v) is 2.78. The highest BCUT2D eigenvalue weighted by Gasteiger charge is 2.22. The monoisotopic (exact) mass is 315 g/mol. The van der Waals surface area contributed by atoms with Gasteiger partial charge in [0, 0.05) is 24.5 Å². The van der Waals surface area contributed by atoms with Gasteiger partial charge in [-0.05, 0) is 37.0 Å². The van der Waals surface area contributed by atoms with E-state index in [1.807, 2.05) is 4.90 Å². The molecule has 1 fully saturated rings. The van der Waals surface area contributed by atoms with Crippen LogP contribution in [0.15, 0.2) is 18.2 Å². The van der Waals surface area contributed by atoms with E-state index in [1.54, 1.807) is 18.2 Å². The van der Waals surface area contributed by atoms with Gasteiger partial charge >= 0.3 is 0 Å². The van der Waals surface area contributed by atoms with Crippen molar-refractivity contribution in [2.24, 2.45) is 5.92 Å². The Morgan fingerprint density at radius 2 is 2.25 bits per heavy atom. The van der Waals surface area contributed by atoms with Crippen LogP contribution in [0.25, 0.3) is 0 Å². The van der Waals surface area contributed by atoms with Crippen LogP contribution in [0.2, 0.25) is 10.0 Å². The molecule has 1 aromatic rings. The van der Waals surface area contributed by atoms with Crippen molar-refractivity contribution in [3.05, 3.63) is 28.2 Å².